The second kappa shape index (κ2) is 9.08. The zero-order valence-corrected chi connectivity index (χ0v) is 11.8. The van der Waals surface area contributed by atoms with Gasteiger partial charge in [-0.05, 0) is 20.8 Å². The van der Waals surface area contributed by atoms with Crippen LogP contribution >= 0.6 is 7.60 Å². The summed E-state index contributed by atoms with van der Waals surface area (Å²) in [6, 6.07) is -1.04. The number of carbonyl (C=O) groups excluding carboxylic acids is 2. The normalized spacial score (nSPS) is 12.8. The van der Waals surface area contributed by atoms with Crippen LogP contribution in [0.5, 0.6) is 0 Å². The molecule has 0 aliphatic heterocycles. The lowest BCUT2D eigenvalue weighted by Crippen LogP contribution is -2.40. The molecule has 18 heavy (non-hydrogen) atoms. The Balaban J connectivity index is 4.74. The number of rotatable bonds is 10. The highest BCUT2D eigenvalue weighted by atomic mass is 31.2. The molecule has 0 aliphatic carbocycles. The van der Waals surface area contributed by atoms with E-state index in [-0.39, 0.29) is 26.0 Å². The van der Waals surface area contributed by atoms with Crippen molar-refractivity contribution in [3.8, 4) is 0 Å². The summed E-state index contributed by atoms with van der Waals surface area (Å²) in [5.41, 5.74) is 0. The van der Waals surface area contributed by atoms with E-state index in [1.54, 1.807) is 20.8 Å². The minimum atomic E-state index is -3.40. The topological polar surface area (TPSA) is 90.9 Å². The Hall–Kier alpha value is -0.910. The molecule has 0 bridgehead atoms. The van der Waals surface area contributed by atoms with Gasteiger partial charge < -0.3 is 19.1 Å². The largest absolute Gasteiger partial charge is 0.464 e. The average molecular weight is 281 g/mol. The van der Waals surface area contributed by atoms with Gasteiger partial charge in [0.1, 0.15) is 6.04 Å². The molecular weight excluding hydrogens is 261 g/mol. The third-order valence-corrected chi connectivity index (χ3v) is 4.01. The summed E-state index contributed by atoms with van der Waals surface area (Å²) in [7, 11) is -3.40. The van der Waals surface area contributed by atoms with Gasteiger partial charge in [-0.25, -0.2) is 4.79 Å². The summed E-state index contributed by atoms with van der Waals surface area (Å²) < 4.78 is 27.1. The van der Waals surface area contributed by atoms with Crippen molar-refractivity contribution in [3.63, 3.8) is 0 Å². The highest BCUT2D eigenvalue weighted by Crippen LogP contribution is 2.48. The molecule has 0 radical (unpaired) electrons. The van der Waals surface area contributed by atoms with E-state index in [4.69, 9.17) is 13.8 Å². The van der Waals surface area contributed by atoms with Gasteiger partial charge in [0, 0.05) is 0 Å². The third kappa shape index (κ3) is 6.14. The summed E-state index contributed by atoms with van der Waals surface area (Å²) in [6.45, 7) is 5.52. The summed E-state index contributed by atoms with van der Waals surface area (Å²) in [6.07, 6.45) is 0.107. The standard InChI is InChI=1S/C10H20NO6P/c1-4-15-10(13)9(11-8-12)7-18(14,16-5-2)17-6-3/h8-9H,4-7H2,1-3H3,(H,11,12)/t9-/m0/s1. The van der Waals surface area contributed by atoms with E-state index in [9.17, 15) is 14.2 Å². The SMILES string of the molecule is CCOC(=O)[C@H](CP(=O)(OCC)OCC)NC=O. The van der Waals surface area contributed by atoms with Crippen LogP contribution in [0.25, 0.3) is 0 Å². The van der Waals surface area contributed by atoms with Crippen molar-refractivity contribution >= 4 is 20.0 Å². The maximum atomic E-state index is 12.2. The van der Waals surface area contributed by atoms with E-state index < -0.39 is 19.6 Å². The van der Waals surface area contributed by atoms with Crippen molar-refractivity contribution in [2.45, 2.75) is 26.8 Å². The van der Waals surface area contributed by atoms with Gasteiger partial charge in [0.25, 0.3) is 0 Å². The maximum absolute atomic E-state index is 12.2. The van der Waals surface area contributed by atoms with E-state index in [0.29, 0.717) is 6.41 Å². The lowest BCUT2D eigenvalue weighted by Gasteiger charge is -2.21. The molecule has 1 atom stereocenters. The number of amides is 1. The van der Waals surface area contributed by atoms with Gasteiger partial charge in [-0.15, -0.1) is 0 Å². The van der Waals surface area contributed by atoms with E-state index in [1.165, 1.54) is 0 Å². The monoisotopic (exact) mass is 281 g/mol. The fourth-order valence-corrected chi connectivity index (χ4v) is 3.05. The molecule has 1 N–H and O–H groups in total. The number of nitrogens with one attached hydrogen (secondary N) is 1. The fraction of sp³-hybridized carbons (Fsp3) is 0.800. The number of hydrogen-bond donors (Lipinski definition) is 1. The summed E-state index contributed by atoms with van der Waals surface area (Å²) in [5.74, 6) is -0.663. The average Bonchev–Trinajstić information content (AvgIpc) is 2.29. The molecule has 0 fully saturated rings. The van der Waals surface area contributed by atoms with Gasteiger partial charge in [-0.3, -0.25) is 9.36 Å². The molecule has 106 valence electrons. The molecule has 0 aromatic heterocycles. The summed E-state index contributed by atoms with van der Waals surface area (Å²) >= 11 is 0. The molecule has 0 aromatic rings. The molecule has 1 amide bonds. The Bertz CT molecular complexity index is 299. The van der Waals surface area contributed by atoms with Crippen molar-refractivity contribution in [2.24, 2.45) is 0 Å². The molecule has 0 rings (SSSR count). The van der Waals surface area contributed by atoms with E-state index in [1.807, 2.05) is 0 Å². The van der Waals surface area contributed by atoms with Gasteiger partial charge in [-0.1, -0.05) is 0 Å². The van der Waals surface area contributed by atoms with Crippen LogP contribution in [0.1, 0.15) is 20.8 Å². The third-order valence-electron chi connectivity index (χ3n) is 1.90. The molecule has 0 aromatic carbocycles. The van der Waals surface area contributed by atoms with Crippen molar-refractivity contribution in [1.29, 1.82) is 0 Å². The highest BCUT2D eigenvalue weighted by Gasteiger charge is 2.33. The molecule has 0 heterocycles. The first-order valence-corrected chi connectivity index (χ1v) is 7.50. The Morgan fingerprint density at radius 3 is 2.17 bits per heavy atom. The smallest absolute Gasteiger partial charge is 0.333 e. The van der Waals surface area contributed by atoms with Crippen LogP contribution in [-0.2, 0) is 27.9 Å². The molecule has 0 aliphatic rings. The molecule has 8 heteroatoms. The summed E-state index contributed by atoms with van der Waals surface area (Å²) in [4.78, 5) is 22.0. The fourth-order valence-electron chi connectivity index (χ4n) is 1.28. The predicted octanol–water partition coefficient (Wildman–Crippen LogP) is 0.930. The Labute approximate surface area is 107 Å². The van der Waals surface area contributed by atoms with Crippen LogP contribution in [0, 0.1) is 0 Å². The minimum Gasteiger partial charge on any atom is -0.464 e. The van der Waals surface area contributed by atoms with Gasteiger partial charge in [-0.2, -0.15) is 0 Å². The quantitative estimate of drug-likeness (QED) is 0.364. The summed E-state index contributed by atoms with van der Waals surface area (Å²) in [5, 5.41) is 2.25. The maximum Gasteiger partial charge on any atom is 0.333 e. The van der Waals surface area contributed by atoms with Crippen molar-refractivity contribution < 1.29 is 27.9 Å². The van der Waals surface area contributed by atoms with Gasteiger partial charge in [0.05, 0.1) is 26.0 Å². The van der Waals surface area contributed by atoms with Crippen LogP contribution in [0.15, 0.2) is 0 Å². The second-order valence-electron chi connectivity index (χ2n) is 3.22. The van der Waals surface area contributed by atoms with E-state index >= 15 is 0 Å². The zero-order chi connectivity index (χ0) is 14.0. The molecule has 0 unspecified atom stereocenters. The Kier molecular flexibility index (Phi) is 8.62. The lowest BCUT2D eigenvalue weighted by atomic mass is 10.3. The highest BCUT2D eigenvalue weighted by molar-refractivity contribution is 7.54. The molecule has 0 spiro atoms. The van der Waals surface area contributed by atoms with Crippen LogP contribution in [0.3, 0.4) is 0 Å². The van der Waals surface area contributed by atoms with Crippen molar-refractivity contribution in [2.75, 3.05) is 26.0 Å². The van der Waals surface area contributed by atoms with Crippen LogP contribution in [0.4, 0.5) is 0 Å². The van der Waals surface area contributed by atoms with Crippen molar-refractivity contribution in [3.05, 3.63) is 0 Å². The lowest BCUT2D eigenvalue weighted by molar-refractivity contribution is -0.145. The second-order valence-corrected chi connectivity index (χ2v) is 5.32. The Morgan fingerprint density at radius 2 is 1.78 bits per heavy atom. The van der Waals surface area contributed by atoms with Gasteiger partial charge >= 0.3 is 13.6 Å². The number of hydrogen-bond acceptors (Lipinski definition) is 6. The molecule has 7 nitrogen and oxygen atoms in total. The minimum absolute atomic E-state index is 0.170. The molecular formula is C10H20NO6P. The van der Waals surface area contributed by atoms with E-state index in [2.05, 4.69) is 5.32 Å². The van der Waals surface area contributed by atoms with Gasteiger partial charge in [0.15, 0.2) is 0 Å². The van der Waals surface area contributed by atoms with Crippen LogP contribution in [0.2, 0.25) is 0 Å². The van der Waals surface area contributed by atoms with Crippen LogP contribution in [-0.4, -0.2) is 44.4 Å². The first-order valence-electron chi connectivity index (χ1n) is 5.77. The number of carbonyl (C=O) groups is 2. The predicted molar refractivity (Wildman–Crippen MR) is 65.3 cm³/mol. The first-order chi connectivity index (χ1) is 8.52. The van der Waals surface area contributed by atoms with Crippen molar-refractivity contribution in [1.82, 2.24) is 5.32 Å². The van der Waals surface area contributed by atoms with Gasteiger partial charge in [0.2, 0.25) is 6.41 Å². The van der Waals surface area contributed by atoms with E-state index in [0.717, 1.165) is 0 Å². The Morgan fingerprint density at radius 1 is 1.22 bits per heavy atom. The van der Waals surface area contributed by atoms with Crippen LogP contribution < -0.4 is 5.32 Å². The molecule has 0 saturated carbocycles. The number of esters is 1. The zero-order valence-electron chi connectivity index (χ0n) is 10.9. The first kappa shape index (κ1) is 17.1. The molecule has 0 saturated heterocycles. The number of ether oxygens (including phenoxy) is 1.